The van der Waals surface area contributed by atoms with E-state index in [1.165, 1.54) is 9.58 Å². The molecule has 0 aliphatic carbocycles. The highest BCUT2D eigenvalue weighted by Gasteiger charge is 2.40. The largest absolute Gasteiger partial charge is 0.354 e. The van der Waals surface area contributed by atoms with E-state index in [2.05, 4.69) is 39.4 Å². The molecule has 5 rings (SSSR count). The molecule has 2 amide bonds. The van der Waals surface area contributed by atoms with Gasteiger partial charge in [-0.1, -0.05) is 55.5 Å². The molecule has 2 aromatic heterocycles. The van der Waals surface area contributed by atoms with Crippen LogP contribution in [0.5, 0.6) is 0 Å². The van der Waals surface area contributed by atoms with Gasteiger partial charge in [0.05, 0.1) is 24.5 Å². The molecule has 0 unspecified atom stereocenters. The first-order chi connectivity index (χ1) is 17.9. The Hall–Kier alpha value is -3.82. The van der Waals surface area contributed by atoms with E-state index >= 15 is 0 Å². The van der Waals surface area contributed by atoms with Gasteiger partial charge in [-0.05, 0) is 29.5 Å². The summed E-state index contributed by atoms with van der Waals surface area (Å²) in [5.41, 5.74) is 2.63. The SMILES string of the molecule is CC(C)c1ccc([C@@H](NC(=O)[C@@H]2C[C@@H](F)CN2C(=O)Cn2cc(N3CCC3)nn2)c2ccccc2)nc1. The van der Waals surface area contributed by atoms with Crippen molar-refractivity contribution < 1.29 is 14.0 Å². The van der Waals surface area contributed by atoms with Gasteiger partial charge >= 0.3 is 0 Å². The number of anilines is 1. The predicted molar refractivity (Wildman–Crippen MR) is 137 cm³/mol. The topological polar surface area (TPSA) is 96.2 Å². The van der Waals surface area contributed by atoms with Crippen molar-refractivity contribution in [2.45, 2.75) is 57.4 Å². The number of hydrogen-bond acceptors (Lipinski definition) is 6. The quantitative estimate of drug-likeness (QED) is 0.506. The second-order valence-electron chi connectivity index (χ2n) is 10.0. The maximum atomic E-state index is 14.5. The molecule has 2 fully saturated rings. The van der Waals surface area contributed by atoms with Crippen LogP contribution < -0.4 is 10.2 Å². The number of carbonyl (C=O) groups is 2. The van der Waals surface area contributed by atoms with Gasteiger partial charge in [0.1, 0.15) is 18.8 Å². The van der Waals surface area contributed by atoms with Crippen LogP contribution in [0.3, 0.4) is 0 Å². The summed E-state index contributed by atoms with van der Waals surface area (Å²) in [6.45, 7) is 5.80. The zero-order chi connectivity index (χ0) is 25.9. The number of carbonyl (C=O) groups excluding carboxylic acids is 2. The standard InChI is InChI=1S/C27H32FN7O2/c1-18(2)20-9-10-22(29-14-20)26(19-7-4-3-5-8-19)30-27(37)23-13-21(28)15-35(23)25(36)17-34-16-24(31-32-34)33-11-6-12-33/h3-5,7-10,14,16,18,21,23,26H,6,11-13,15,17H2,1-2H3,(H,30,37)/t21-,23+,26+/m1/s1. The van der Waals surface area contributed by atoms with Crippen LogP contribution in [-0.4, -0.2) is 68.5 Å². The van der Waals surface area contributed by atoms with Gasteiger partial charge < -0.3 is 15.1 Å². The van der Waals surface area contributed by atoms with Gasteiger partial charge in [0.25, 0.3) is 0 Å². The Balaban J connectivity index is 1.32. The molecule has 2 aliphatic heterocycles. The van der Waals surface area contributed by atoms with Crippen molar-refractivity contribution >= 4 is 17.6 Å². The molecule has 194 valence electrons. The summed E-state index contributed by atoms with van der Waals surface area (Å²) >= 11 is 0. The highest BCUT2D eigenvalue weighted by molar-refractivity contribution is 5.88. The van der Waals surface area contributed by atoms with Crippen LogP contribution in [0.15, 0.2) is 54.9 Å². The molecule has 1 aromatic carbocycles. The fraction of sp³-hybridized carbons (Fsp3) is 0.444. The fourth-order valence-corrected chi connectivity index (χ4v) is 4.73. The van der Waals surface area contributed by atoms with Crippen molar-refractivity contribution in [2.75, 3.05) is 24.5 Å². The molecular weight excluding hydrogens is 473 g/mol. The molecule has 37 heavy (non-hydrogen) atoms. The van der Waals surface area contributed by atoms with E-state index in [0.717, 1.165) is 36.5 Å². The fourth-order valence-electron chi connectivity index (χ4n) is 4.73. The van der Waals surface area contributed by atoms with Crippen molar-refractivity contribution in [3.8, 4) is 0 Å². The normalized spacial score (nSPS) is 20.1. The molecular formula is C27H32FN7O2. The van der Waals surface area contributed by atoms with E-state index in [4.69, 9.17) is 0 Å². The number of nitrogens with one attached hydrogen (secondary N) is 1. The third kappa shape index (κ3) is 5.47. The first kappa shape index (κ1) is 24.9. The third-order valence-electron chi connectivity index (χ3n) is 7.07. The van der Waals surface area contributed by atoms with E-state index in [1.54, 1.807) is 6.20 Å². The van der Waals surface area contributed by atoms with Crippen LogP contribution in [0.4, 0.5) is 10.2 Å². The Morgan fingerprint density at radius 2 is 1.89 bits per heavy atom. The van der Waals surface area contributed by atoms with Crippen LogP contribution in [0, 0.1) is 0 Å². The molecule has 0 saturated carbocycles. The van der Waals surface area contributed by atoms with Crippen LogP contribution >= 0.6 is 0 Å². The number of likely N-dealkylation sites (tertiary alicyclic amines) is 1. The summed E-state index contributed by atoms with van der Waals surface area (Å²) in [4.78, 5) is 34.6. The van der Waals surface area contributed by atoms with E-state index < -0.39 is 24.2 Å². The first-order valence-electron chi connectivity index (χ1n) is 12.8. The Morgan fingerprint density at radius 1 is 1.11 bits per heavy atom. The van der Waals surface area contributed by atoms with Gasteiger partial charge in [0, 0.05) is 25.7 Å². The van der Waals surface area contributed by atoms with E-state index in [1.807, 2.05) is 48.7 Å². The lowest BCUT2D eigenvalue weighted by Gasteiger charge is -2.30. The number of hydrogen-bond donors (Lipinski definition) is 1. The Bertz CT molecular complexity index is 1230. The molecule has 2 saturated heterocycles. The minimum atomic E-state index is -1.27. The number of aromatic nitrogens is 4. The lowest BCUT2D eigenvalue weighted by molar-refractivity contribution is -0.139. The Kier molecular flexibility index (Phi) is 7.16. The molecule has 1 N–H and O–H groups in total. The summed E-state index contributed by atoms with van der Waals surface area (Å²) in [7, 11) is 0. The summed E-state index contributed by atoms with van der Waals surface area (Å²) in [5.74, 6) is 0.283. The monoisotopic (exact) mass is 505 g/mol. The van der Waals surface area contributed by atoms with Gasteiger partial charge in [-0.25, -0.2) is 9.07 Å². The first-order valence-corrected chi connectivity index (χ1v) is 12.8. The lowest BCUT2D eigenvalue weighted by atomic mass is 10.00. The van der Waals surface area contributed by atoms with Gasteiger partial charge in [-0.15, -0.1) is 5.10 Å². The van der Waals surface area contributed by atoms with Gasteiger partial charge in [0.2, 0.25) is 11.8 Å². The number of halogens is 1. The number of nitrogens with zero attached hydrogens (tertiary/aromatic N) is 6. The Morgan fingerprint density at radius 3 is 2.54 bits per heavy atom. The summed E-state index contributed by atoms with van der Waals surface area (Å²) in [6.07, 6.45) is 3.32. The minimum absolute atomic E-state index is 0.0464. The third-order valence-corrected chi connectivity index (χ3v) is 7.07. The van der Waals surface area contributed by atoms with Crippen LogP contribution in [-0.2, 0) is 16.1 Å². The average molecular weight is 506 g/mol. The summed E-state index contributed by atoms with van der Waals surface area (Å²) in [6, 6.07) is 12.0. The highest BCUT2D eigenvalue weighted by Crippen LogP contribution is 2.26. The second kappa shape index (κ2) is 10.7. The Labute approximate surface area is 215 Å². The van der Waals surface area contributed by atoms with Crippen molar-refractivity contribution in [2.24, 2.45) is 0 Å². The van der Waals surface area contributed by atoms with E-state index in [0.29, 0.717) is 11.6 Å². The van der Waals surface area contributed by atoms with Gasteiger partial charge in [-0.3, -0.25) is 14.6 Å². The van der Waals surface area contributed by atoms with Crippen molar-refractivity contribution in [3.05, 3.63) is 71.7 Å². The second-order valence-corrected chi connectivity index (χ2v) is 10.0. The molecule has 0 bridgehead atoms. The smallest absolute Gasteiger partial charge is 0.245 e. The number of pyridine rings is 1. The van der Waals surface area contributed by atoms with E-state index in [-0.39, 0.29) is 25.4 Å². The molecule has 3 aromatic rings. The molecule has 9 nitrogen and oxygen atoms in total. The maximum absolute atomic E-state index is 14.5. The molecule has 3 atom stereocenters. The molecule has 0 spiro atoms. The van der Waals surface area contributed by atoms with Crippen LogP contribution in [0.1, 0.15) is 55.5 Å². The number of amides is 2. The lowest BCUT2D eigenvalue weighted by Crippen LogP contribution is -2.48. The number of alkyl halides is 1. The zero-order valence-electron chi connectivity index (χ0n) is 21.1. The average Bonchev–Trinajstić information content (AvgIpc) is 3.48. The number of benzene rings is 1. The van der Waals surface area contributed by atoms with Crippen molar-refractivity contribution in [1.29, 1.82) is 0 Å². The molecule has 0 radical (unpaired) electrons. The number of rotatable bonds is 8. The van der Waals surface area contributed by atoms with Crippen LogP contribution in [0.25, 0.3) is 0 Å². The predicted octanol–water partition coefficient (Wildman–Crippen LogP) is 2.85. The van der Waals surface area contributed by atoms with Gasteiger partial charge in [0.15, 0.2) is 5.82 Å². The van der Waals surface area contributed by atoms with Gasteiger partial charge in [-0.2, -0.15) is 0 Å². The van der Waals surface area contributed by atoms with E-state index in [9.17, 15) is 14.0 Å². The summed E-state index contributed by atoms with van der Waals surface area (Å²) < 4.78 is 16.0. The minimum Gasteiger partial charge on any atom is -0.354 e. The molecule has 2 aliphatic rings. The zero-order valence-corrected chi connectivity index (χ0v) is 21.1. The molecule has 10 heteroatoms. The van der Waals surface area contributed by atoms with Crippen LogP contribution in [0.2, 0.25) is 0 Å². The molecule has 4 heterocycles. The maximum Gasteiger partial charge on any atom is 0.245 e. The summed E-state index contributed by atoms with van der Waals surface area (Å²) in [5, 5.41) is 11.2. The highest BCUT2D eigenvalue weighted by atomic mass is 19.1. The van der Waals surface area contributed by atoms with Crippen molar-refractivity contribution in [1.82, 2.24) is 30.2 Å². The van der Waals surface area contributed by atoms with Crippen molar-refractivity contribution in [3.63, 3.8) is 0 Å².